The number of halogens is 1. The van der Waals surface area contributed by atoms with Crippen molar-refractivity contribution in [3.8, 4) is 0 Å². The van der Waals surface area contributed by atoms with Crippen molar-refractivity contribution in [3.63, 3.8) is 0 Å². The minimum Gasteiger partial charge on any atom is -0.392 e. The predicted molar refractivity (Wildman–Crippen MR) is 79.1 cm³/mol. The molecule has 0 radical (unpaired) electrons. The van der Waals surface area contributed by atoms with Crippen LogP contribution in [0, 0.1) is 11.8 Å². The molecular formula is C14H20ClNO3S. The summed E-state index contributed by atoms with van der Waals surface area (Å²) >= 11 is 5.96. The van der Waals surface area contributed by atoms with Gasteiger partial charge in [0.25, 0.3) is 0 Å². The molecule has 2 N–H and O–H groups in total. The largest absolute Gasteiger partial charge is 0.392 e. The van der Waals surface area contributed by atoms with Crippen LogP contribution in [-0.4, -0.2) is 20.1 Å². The van der Waals surface area contributed by atoms with Crippen molar-refractivity contribution in [2.75, 3.05) is 6.54 Å². The lowest BCUT2D eigenvalue weighted by molar-refractivity contribution is 0.281. The van der Waals surface area contributed by atoms with E-state index >= 15 is 0 Å². The summed E-state index contributed by atoms with van der Waals surface area (Å²) in [5.41, 5.74) is 0.531. The van der Waals surface area contributed by atoms with E-state index in [1.54, 1.807) is 6.07 Å². The number of hydrogen-bond donors (Lipinski definition) is 2. The van der Waals surface area contributed by atoms with Crippen LogP contribution in [0.1, 0.15) is 31.7 Å². The minimum absolute atomic E-state index is 0.0383. The Balaban J connectivity index is 2.13. The summed E-state index contributed by atoms with van der Waals surface area (Å²) in [5.74, 6) is 0.946. The van der Waals surface area contributed by atoms with Gasteiger partial charge in [0.1, 0.15) is 4.90 Å². The summed E-state index contributed by atoms with van der Waals surface area (Å²) in [5, 5.41) is 9.27. The molecule has 1 saturated carbocycles. The number of aliphatic hydroxyl groups excluding tert-OH is 1. The predicted octanol–water partition coefficient (Wildman–Crippen LogP) is 2.55. The third-order valence-corrected chi connectivity index (χ3v) is 5.95. The number of benzene rings is 1. The maximum atomic E-state index is 12.3. The molecule has 1 aromatic rings. The Morgan fingerprint density at radius 3 is 2.75 bits per heavy atom. The van der Waals surface area contributed by atoms with E-state index in [9.17, 15) is 8.42 Å². The van der Waals surface area contributed by atoms with E-state index < -0.39 is 10.0 Å². The lowest BCUT2D eigenvalue weighted by Crippen LogP contribution is -2.30. The fourth-order valence-corrected chi connectivity index (χ4v) is 4.31. The summed E-state index contributed by atoms with van der Waals surface area (Å²) < 4.78 is 27.3. The zero-order chi connectivity index (χ0) is 14.8. The van der Waals surface area contributed by atoms with E-state index in [1.807, 2.05) is 0 Å². The van der Waals surface area contributed by atoms with Crippen molar-refractivity contribution < 1.29 is 13.5 Å². The molecule has 0 bridgehead atoms. The molecule has 0 amide bonds. The monoisotopic (exact) mass is 317 g/mol. The molecule has 1 aliphatic rings. The highest BCUT2D eigenvalue weighted by molar-refractivity contribution is 7.89. The van der Waals surface area contributed by atoms with Gasteiger partial charge in [0.15, 0.2) is 0 Å². The zero-order valence-corrected chi connectivity index (χ0v) is 13.0. The Morgan fingerprint density at radius 1 is 1.40 bits per heavy atom. The van der Waals surface area contributed by atoms with Crippen molar-refractivity contribution in [2.24, 2.45) is 11.8 Å². The molecule has 0 aromatic heterocycles. The van der Waals surface area contributed by atoms with Crippen LogP contribution in [0.2, 0.25) is 5.02 Å². The summed E-state index contributed by atoms with van der Waals surface area (Å²) in [6.45, 7) is 2.40. The molecule has 0 spiro atoms. The van der Waals surface area contributed by atoms with E-state index in [0.29, 0.717) is 23.9 Å². The fraction of sp³-hybridized carbons (Fsp3) is 0.571. The maximum Gasteiger partial charge on any atom is 0.242 e. The molecule has 1 fully saturated rings. The second-order valence-corrected chi connectivity index (χ2v) is 7.59. The Morgan fingerprint density at radius 2 is 2.15 bits per heavy atom. The van der Waals surface area contributed by atoms with E-state index in [-0.39, 0.29) is 16.5 Å². The minimum atomic E-state index is -3.63. The van der Waals surface area contributed by atoms with E-state index in [1.165, 1.54) is 12.1 Å². The number of sulfonamides is 1. The molecule has 2 rings (SSSR count). The van der Waals surface area contributed by atoms with Gasteiger partial charge in [-0.25, -0.2) is 13.1 Å². The number of hydrogen-bond acceptors (Lipinski definition) is 3. The average molecular weight is 318 g/mol. The molecule has 1 aliphatic carbocycles. The smallest absolute Gasteiger partial charge is 0.242 e. The van der Waals surface area contributed by atoms with Crippen LogP contribution < -0.4 is 4.72 Å². The Bertz CT molecular complexity index is 574. The molecular weight excluding hydrogens is 298 g/mol. The van der Waals surface area contributed by atoms with E-state index in [2.05, 4.69) is 11.6 Å². The van der Waals surface area contributed by atoms with Gasteiger partial charge in [-0.3, -0.25) is 0 Å². The third-order valence-electron chi connectivity index (χ3n) is 4.04. The van der Waals surface area contributed by atoms with Crippen LogP contribution in [0.3, 0.4) is 0 Å². The highest BCUT2D eigenvalue weighted by Crippen LogP contribution is 2.31. The summed E-state index contributed by atoms with van der Waals surface area (Å²) in [6.07, 6.45) is 3.38. The molecule has 2 unspecified atom stereocenters. The van der Waals surface area contributed by atoms with E-state index in [4.69, 9.17) is 16.7 Å². The van der Waals surface area contributed by atoms with Crippen molar-refractivity contribution >= 4 is 21.6 Å². The van der Waals surface area contributed by atoms with Crippen molar-refractivity contribution in [1.29, 1.82) is 0 Å². The quantitative estimate of drug-likeness (QED) is 0.877. The van der Waals surface area contributed by atoms with Crippen LogP contribution >= 0.6 is 11.6 Å². The first-order chi connectivity index (χ1) is 9.44. The van der Waals surface area contributed by atoms with Crippen LogP contribution in [0.25, 0.3) is 0 Å². The van der Waals surface area contributed by atoms with Gasteiger partial charge in [0.05, 0.1) is 11.6 Å². The van der Waals surface area contributed by atoms with Crippen LogP contribution in [-0.2, 0) is 16.6 Å². The van der Waals surface area contributed by atoms with Gasteiger partial charge in [-0.2, -0.15) is 0 Å². The lowest BCUT2D eigenvalue weighted by atomic mass is 9.99. The van der Waals surface area contributed by atoms with Gasteiger partial charge in [0, 0.05) is 6.54 Å². The van der Waals surface area contributed by atoms with Gasteiger partial charge in [-0.1, -0.05) is 37.4 Å². The second-order valence-electron chi connectivity index (χ2n) is 5.44. The molecule has 0 saturated heterocycles. The summed E-state index contributed by atoms with van der Waals surface area (Å²) in [4.78, 5) is 0.0383. The van der Waals surface area contributed by atoms with Crippen molar-refractivity contribution in [3.05, 3.63) is 28.8 Å². The number of rotatable bonds is 5. The molecule has 20 heavy (non-hydrogen) atoms. The van der Waals surface area contributed by atoms with Gasteiger partial charge < -0.3 is 5.11 Å². The SMILES string of the molecule is CC1CCCC1CNS(=O)(=O)c1cc(CO)ccc1Cl. The normalized spacial score (nSPS) is 23.1. The molecule has 2 atom stereocenters. The standard InChI is InChI=1S/C14H20ClNO3S/c1-10-3-2-4-12(10)8-16-20(18,19)14-7-11(9-17)5-6-13(14)15/h5-7,10,12,16-17H,2-4,8-9H2,1H3. The van der Waals surface area contributed by atoms with Gasteiger partial charge in [-0.05, 0) is 36.0 Å². The Kier molecular flexibility index (Phi) is 5.07. The van der Waals surface area contributed by atoms with Crippen molar-refractivity contribution in [2.45, 2.75) is 37.7 Å². The fourth-order valence-electron chi connectivity index (χ4n) is 2.67. The van der Waals surface area contributed by atoms with Crippen LogP contribution in [0.4, 0.5) is 0 Å². The molecule has 1 aromatic carbocycles. The molecule has 0 heterocycles. The first kappa shape index (κ1) is 15.8. The van der Waals surface area contributed by atoms with Gasteiger partial charge in [0.2, 0.25) is 10.0 Å². The topological polar surface area (TPSA) is 66.4 Å². The Hall–Kier alpha value is -0.620. The van der Waals surface area contributed by atoms with Crippen molar-refractivity contribution in [1.82, 2.24) is 4.72 Å². The summed E-state index contributed by atoms with van der Waals surface area (Å²) in [6, 6.07) is 4.53. The maximum absolute atomic E-state index is 12.3. The molecule has 112 valence electrons. The first-order valence-electron chi connectivity index (χ1n) is 6.83. The first-order valence-corrected chi connectivity index (χ1v) is 8.69. The number of nitrogens with one attached hydrogen (secondary N) is 1. The highest BCUT2D eigenvalue weighted by atomic mass is 35.5. The third kappa shape index (κ3) is 3.52. The van der Waals surface area contributed by atoms with Gasteiger partial charge >= 0.3 is 0 Å². The van der Waals surface area contributed by atoms with Crippen LogP contribution in [0.5, 0.6) is 0 Å². The molecule has 6 heteroatoms. The zero-order valence-electron chi connectivity index (χ0n) is 11.5. The molecule has 0 aliphatic heterocycles. The second kappa shape index (κ2) is 6.43. The summed E-state index contributed by atoms with van der Waals surface area (Å²) in [7, 11) is -3.63. The van der Waals surface area contributed by atoms with E-state index in [0.717, 1.165) is 19.3 Å². The van der Waals surface area contributed by atoms with Crippen LogP contribution in [0.15, 0.2) is 23.1 Å². The molecule has 4 nitrogen and oxygen atoms in total. The lowest BCUT2D eigenvalue weighted by Gasteiger charge is -2.16. The highest BCUT2D eigenvalue weighted by Gasteiger charge is 2.26. The van der Waals surface area contributed by atoms with Gasteiger partial charge in [-0.15, -0.1) is 0 Å². The average Bonchev–Trinajstić information content (AvgIpc) is 2.82. The number of aliphatic hydroxyl groups is 1. The Labute approximate surface area is 125 Å².